The van der Waals surface area contributed by atoms with Gasteiger partial charge in [-0.05, 0) is 0 Å². The van der Waals surface area contributed by atoms with Crippen molar-refractivity contribution >= 4 is 15.7 Å². The fourth-order valence-corrected chi connectivity index (χ4v) is 2.57. The van der Waals surface area contributed by atoms with Crippen LogP contribution in [0.1, 0.15) is 0 Å². The van der Waals surface area contributed by atoms with Gasteiger partial charge in [-0.15, -0.1) is 0 Å². The molecular formula is C11H10F3N3O3S. The van der Waals surface area contributed by atoms with Crippen molar-refractivity contribution in [3.8, 4) is 0 Å². The van der Waals surface area contributed by atoms with Gasteiger partial charge in [-0.3, -0.25) is 9.40 Å². The van der Waals surface area contributed by atoms with E-state index in [0.717, 1.165) is 17.1 Å². The molecule has 1 heterocycles. The van der Waals surface area contributed by atoms with Gasteiger partial charge in [-0.1, -0.05) is 0 Å². The molecule has 0 aliphatic heterocycles. The van der Waals surface area contributed by atoms with Crippen LogP contribution >= 0.6 is 0 Å². The molecule has 0 aliphatic carbocycles. The molecular weight excluding hydrogens is 311 g/mol. The number of aliphatic hydroxyl groups is 1. The Balaban J connectivity index is 2.33. The zero-order valence-corrected chi connectivity index (χ0v) is 11.2. The van der Waals surface area contributed by atoms with Crippen molar-refractivity contribution in [3.63, 3.8) is 0 Å². The zero-order chi connectivity index (χ0) is 15.6. The molecule has 0 radical (unpaired) electrons. The highest BCUT2D eigenvalue weighted by molar-refractivity contribution is 7.92. The molecule has 114 valence electrons. The van der Waals surface area contributed by atoms with E-state index in [1.54, 1.807) is 4.72 Å². The monoisotopic (exact) mass is 321 g/mol. The lowest BCUT2D eigenvalue weighted by atomic mass is 10.3. The Morgan fingerprint density at radius 1 is 1.24 bits per heavy atom. The van der Waals surface area contributed by atoms with Gasteiger partial charge in [0.2, 0.25) is 0 Å². The number of halogens is 3. The number of aromatic nitrogens is 2. The third-order valence-corrected chi connectivity index (χ3v) is 3.80. The van der Waals surface area contributed by atoms with Crippen molar-refractivity contribution < 1.29 is 26.7 Å². The van der Waals surface area contributed by atoms with E-state index in [1.165, 1.54) is 0 Å². The van der Waals surface area contributed by atoms with E-state index in [0.29, 0.717) is 12.1 Å². The third-order valence-electron chi connectivity index (χ3n) is 2.49. The quantitative estimate of drug-likeness (QED) is 0.863. The van der Waals surface area contributed by atoms with Crippen molar-refractivity contribution in [2.45, 2.75) is 11.4 Å². The molecule has 21 heavy (non-hydrogen) atoms. The minimum absolute atomic E-state index is 0.0643. The summed E-state index contributed by atoms with van der Waals surface area (Å²) in [4.78, 5) is -0.348. The molecule has 0 saturated heterocycles. The Bertz CT molecular complexity index is 738. The van der Waals surface area contributed by atoms with Gasteiger partial charge in [0.25, 0.3) is 10.0 Å². The standard InChI is InChI=1S/C11H10F3N3O3S/c12-7-3-9(13)11(10(14)4-7)16-21(19,20)8-5-15-17(6-8)1-2-18/h3-6,16,18H,1-2H2. The van der Waals surface area contributed by atoms with Gasteiger partial charge in [-0.2, -0.15) is 5.10 Å². The van der Waals surface area contributed by atoms with Crippen LogP contribution in [0.4, 0.5) is 18.9 Å². The summed E-state index contributed by atoms with van der Waals surface area (Å²) in [5, 5.41) is 12.4. The lowest BCUT2D eigenvalue weighted by Gasteiger charge is -2.08. The molecule has 2 rings (SSSR count). The first-order chi connectivity index (χ1) is 9.83. The van der Waals surface area contributed by atoms with Gasteiger partial charge in [0.05, 0.1) is 19.3 Å². The van der Waals surface area contributed by atoms with Crippen molar-refractivity contribution in [1.29, 1.82) is 0 Å². The first kappa shape index (κ1) is 15.3. The Morgan fingerprint density at radius 3 is 2.43 bits per heavy atom. The number of aliphatic hydroxyl groups excluding tert-OH is 1. The van der Waals surface area contributed by atoms with Crippen LogP contribution in [0.5, 0.6) is 0 Å². The lowest BCUT2D eigenvalue weighted by molar-refractivity contribution is 0.269. The number of nitrogens with zero attached hydrogens (tertiary/aromatic N) is 2. The van der Waals surface area contributed by atoms with Crippen LogP contribution in [0, 0.1) is 17.5 Å². The van der Waals surface area contributed by atoms with E-state index < -0.39 is 33.2 Å². The van der Waals surface area contributed by atoms with Crippen molar-refractivity contribution in [3.05, 3.63) is 42.0 Å². The zero-order valence-electron chi connectivity index (χ0n) is 10.4. The van der Waals surface area contributed by atoms with Crippen molar-refractivity contribution in [2.24, 2.45) is 0 Å². The maximum Gasteiger partial charge on any atom is 0.265 e. The maximum absolute atomic E-state index is 13.4. The van der Waals surface area contributed by atoms with E-state index >= 15 is 0 Å². The molecule has 0 spiro atoms. The van der Waals surface area contributed by atoms with E-state index in [1.807, 2.05) is 0 Å². The number of sulfonamides is 1. The van der Waals surface area contributed by atoms with Gasteiger partial charge in [0.1, 0.15) is 16.4 Å². The summed E-state index contributed by atoms with van der Waals surface area (Å²) in [5.74, 6) is -3.92. The molecule has 0 unspecified atom stereocenters. The summed E-state index contributed by atoms with van der Waals surface area (Å²) in [6.07, 6.45) is 2.04. The third kappa shape index (κ3) is 3.34. The lowest BCUT2D eigenvalue weighted by Crippen LogP contribution is -2.15. The average molecular weight is 321 g/mol. The predicted molar refractivity (Wildman–Crippen MR) is 66.4 cm³/mol. The average Bonchev–Trinajstić information content (AvgIpc) is 2.84. The van der Waals surface area contributed by atoms with Crippen LogP contribution in [-0.2, 0) is 16.6 Å². The minimum atomic E-state index is -4.29. The van der Waals surface area contributed by atoms with E-state index in [4.69, 9.17) is 5.11 Å². The summed E-state index contributed by atoms with van der Waals surface area (Å²) in [6.45, 7) is -0.190. The van der Waals surface area contributed by atoms with Crippen LogP contribution in [0.2, 0.25) is 0 Å². The number of rotatable bonds is 5. The Kier molecular flexibility index (Phi) is 4.19. The fraction of sp³-hybridized carbons (Fsp3) is 0.182. The van der Waals surface area contributed by atoms with E-state index in [9.17, 15) is 21.6 Å². The summed E-state index contributed by atoms with van der Waals surface area (Å²) in [7, 11) is -4.29. The van der Waals surface area contributed by atoms with Crippen LogP contribution < -0.4 is 4.72 Å². The molecule has 0 bridgehead atoms. The fourth-order valence-electron chi connectivity index (χ4n) is 1.54. The summed E-state index contributed by atoms with van der Waals surface area (Å²) < 4.78 is 66.4. The molecule has 0 aliphatic rings. The number of benzene rings is 1. The molecule has 0 saturated carbocycles. The molecule has 1 aromatic heterocycles. The SMILES string of the molecule is O=S(=O)(Nc1c(F)cc(F)cc1F)c1cnn(CCO)c1. The van der Waals surface area contributed by atoms with Crippen LogP contribution in [0.3, 0.4) is 0 Å². The molecule has 6 nitrogen and oxygen atoms in total. The molecule has 10 heteroatoms. The highest BCUT2D eigenvalue weighted by Crippen LogP contribution is 2.23. The van der Waals surface area contributed by atoms with Crippen molar-refractivity contribution in [1.82, 2.24) is 9.78 Å². The maximum atomic E-state index is 13.4. The number of hydrogen-bond donors (Lipinski definition) is 2. The summed E-state index contributed by atoms with van der Waals surface area (Å²) >= 11 is 0. The second-order valence-corrected chi connectivity index (χ2v) is 5.70. The molecule has 0 atom stereocenters. The molecule has 0 fully saturated rings. The normalized spacial score (nSPS) is 11.6. The van der Waals surface area contributed by atoms with Crippen LogP contribution in [0.25, 0.3) is 0 Å². The molecule has 1 aromatic carbocycles. The Morgan fingerprint density at radius 2 is 1.86 bits per heavy atom. The van der Waals surface area contributed by atoms with Crippen LogP contribution in [0.15, 0.2) is 29.4 Å². The Labute approximate surface area is 117 Å². The smallest absolute Gasteiger partial charge is 0.265 e. The minimum Gasteiger partial charge on any atom is -0.394 e. The highest BCUT2D eigenvalue weighted by atomic mass is 32.2. The van der Waals surface area contributed by atoms with Gasteiger partial charge in [0.15, 0.2) is 11.6 Å². The molecule has 2 aromatic rings. The summed E-state index contributed by atoms with van der Waals surface area (Å²) in [6, 6.07) is 0.715. The number of hydrogen-bond acceptors (Lipinski definition) is 4. The van der Waals surface area contributed by atoms with Gasteiger partial charge in [-0.25, -0.2) is 21.6 Å². The van der Waals surface area contributed by atoms with Gasteiger partial charge in [0, 0.05) is 18.3 Å². The molecule has 0 amide bonds. The largest absolute Gasteiger partial charge is 0.394 e. The predicted octanol–water partition coefficient (Wildman–Crippen LogP) is 1.09. The van der Waals surface area contributed by atoms with Gasteiger partial charge >= 0.3 is 0 Å². The number of nitrogens with one attached hydrogen (secondary N) is 1. The molecule has 2 N–H and O–H groups in total. The first-order valence-corrected chi connectivity index (χ1v) is 7.12. The van der Waals surface area contributed by atoms with Gasteiger partial charge < -0.3 is 5.11 Å². The topological polar surface area (TPSA) is 84.2 Å². The second kappa shape index (κ2) is 5.74. The van der Waals surface area contributed by atoms with Crippen LogP contribution in [-0.4, -0.2) is 29.9 Å². The highest BCUT2D eigenvalue weighted by Gasteiger charge is 2.21. The Hall–Kier alpha value is -2.07. The van der Waals surface area contributed by atoms with E-state index in [-0.39, 0.29) is 18.0 Å². The van der Waals surface area contributed by atoms with Crippen molar-refractivity contribution in [2.75, 3.05) is 11.3 Å². The van der Waals surface area contributed by atoms with E-state index in [2.05, 4.69) is 5.10 Å². The summed E-state index contributed by atoms with van der Waals surface area (Å²) in [5.41, 5.74) is -0.980. The number of anilines is 1. The second-order valence-electron chi connectivity index (χ2n) is 4.01. The first-order valence-electron chi connectivity index (χ1n) is 5.64.